The number of carbonyl (C=O) groups excluding carboxylic acids is 1. The predicted octanol–water partition coefficient (Wildman–Crippen LogP) is 0.307. The number of aromatic amines is 1. The molecule has 0 fully saturated rings. The van der Waals surface area contributed by atoms with Crippen molar-refractivity contribution < 1.29 is 14.7 Å². The van der Waals surface area contributed by atoms with E-state index in [0.29, 0.717) is 12.2 Å². The molecule has 4 N–H and O–H groups in total. The number of carboxylic acids is 1. The van der Waals surface area contributed by atoms with Gasteiger partial charge in [-0.1, -0.05) is 19.1 Å². The third kappa shape index (κ3) is 5.21. The van der Waals surface area contributed by atoms with Crippen LogP contribution in [0.4, 0.5) is 4.79 Å². The van der Waals surface area contributed by atoms with Gasteiger partial charge in [-0.25, -0.2) is 4.79 Å². The molecule has 2 unspecified atom stereocenters. The van der Waals surface area contributed by atoms with Gasteiger partial charge in [0.2, 0.25) is 0 Å². The van der Waals surface area contributed by atoms with Gasteiger partial charge in [-0.2, -0.15) is 5.21 Å². The van der Waals surface area contributed by atoms with Crippen LogP contribution < -0.4 is 10.6 Å². The van der Waals surface area contributed by atoms with Gasteiger partial charge >= 0.3 is 12.0 Å². The molecule has 2 amide bonds. The minimum absolute atomic E-state index is 0.0817. The molecule has 112 valence electrons. The second-order valence-corrected chi connectivity index (χ2v) is 5.01. The SMILES string of the molecule is CC(C)CC(CNC(=O)NC(C)c1nn[nH]n1)C(=O)O. The number of amides is 2. The van der Waals surface area contributed by atoms with Gasteiger partial charge in [-0.15, -0.1) is 10.2 Å². The summed E-state index contributed by atoms with van der Waals surface area (Å²) >= 11 is 0. The Morgan fingerprint density at radius 2 is 2.05 bits per heavy atom. The fourth-order valence-corrected chi connectivity index (χ4v) is 1.72. The molecule has 9 heteroatoms. The zero-order valence-electron chi connectivity index (χ0n) is 11.8. The lowest BCUT2D eigenvalue weighted by Crippen LogP contribution is -2.41. The van der Waals surface area contributed by atoms with Crippen molar-refractivity contribution in [2.45, 2.75) is 33.2 Å². The molecular weight excluding hydrogens is 264 g/mol. The van der Waals surface area contributed by atoms with Crippen LogP contribution >= 0.6 is 0 Å². The Bertz CT molecular complexity index is 433. The van der Waals surface area contributed by atoms with E-state index in [2.05, 4.69) is 31.3 Å². The fourth-order valence-electron chi connectivity index (χ4n) is 1.72. The van der Waals surface area contributed by atoms with Crippen LogP contribution in [0.3, 0.4) is 0 Å². The second kappa shape index (κ2) is 7.41. The first-order valence-electron chi connectivity index (χ1n) is 6.40. The van der Waals surface area contributed by atoms with E-state index in [1.54, 1.807) is 6.92 Å². The molecule has 0 saturated heterocycles. The highest BCUT2D eigenvalue weighted by atomic mass is 16.4. The van der Waals surface area contributed by atoms with Gasteiger partial charge in [0.05, 0.1) is 12.0 Å². The fraction of sp³-hybridized carbons (Fsp3) is 0.727. The average Bonchev–Trinajstić information content (AvgIpc) is 2.87. The molecular formula is C11H20N6O3. The van der Waals surface area contributed by atoms with Gasteiger partial charge in [-0.05, 0) is 19.3 Å². The molecule has 9 nitrogen and oxygen atoms in total. The first kappa shape index (κ1) is 15.9. The summed E-state index contributed by atoms with van der Waals surface area (Å²) in [5.74, 6) is -0.900. The topological polar surface area (TPSA) is 133 Å². The van der Waals surface area contributed by atoms with E-state index in [1.807, 2.05) is 13.8 Å². The van der Waals surface area contributed by atoms with Crippen LogP contribution in [0.1, 0.15) is 39.1 Å². The summed E-state index contributed by atoms with van der Waals surface area (Å²) in [6.45, 7) is 5.66. The van der Waals surface area contributed by atoms with E-state index in [1.165, 1.54) is 0 Å². The third-order valence-corrected chi connectivity index (χ3v) is 2.71. The maximum atomic E-state index is 11.7. The molecule has 0 bridgehead atoms. The predicted molar refractivity (Wildman–Crippen MR) is 69.7 cm³/mol. The molecule has 1 rings (SSSR count). The van der Waals surface area contributed by atoms with E-state index in [9.17, 15) is 9.59 Å². The van der Waals surface area contributed by atoms with E-state index in [-0.39, 0.29) is 12.5 Å². The van der Waals surface area contributed by atoms with Crippen molar-refractivity contribution in [2.75, 3.05) is 6.54 Å². The first-order valence-corrected chi connectivity index (χ1v) is 6.40. The number of nitrogens with zero attached hydrogens (tertiary/aromatic N) is 3. The third-order valence-electron chi connectivity index (χ3n) is 2.71. The van der Waals surface area contributed by atoms with Gasteiger partial charge in [0.25, 0.3) is 0 Å². The molecule has 1 heterocycles. The summed E-state index contributed by atoms with van der Waals surface area (Å²) in [4.78, 5) is 22.7. The second-order valence-electron chi connectivity index (χ2n) is 5.01. The molecule has 0 aliphatic heterocycles. The molecule has 1 aromatic rings. The molecule has 20 heavy (non-hydrogen) atoms. The largest absolute Gasteiger partial charge is 0.481 e. The van der Waals surface area contributed by atoms with Crippen molar-refractivity contribution >= 4 is 12.0 Å². The monoisotopic (exact) mass is 284 g/mol. The number of carboxylic acid groups (broad SMARTS) is 1. The minimum Gasteiger partial charge on any atom is -0.481 e. The highest BCUT2D eigenvalue weighted by Crippen LogP contribution is 2.11. The van der Waals surface area contributed by atoms with Crippen molar-refractivity contribution in [3.63, 3.8) is 0 Å². The molecule has 0 spiro atoms. The van der Waals surface area contributed by atoms with Gasteiger partial charge in [0.15, 0.2) is 5.82 Å². The Morgan fingerprint density at radius 1 is 1.35 bits per heavy atom. The van der Waals surface area contributed by atoms with Crippen LogP contribution in [0.2, 0.25) is 0 Å². The van der Waals surface area contributed by atoms with Gasteiger partial charge in [0.1, 0.15) is 0 Å². The summed E-state index contributed by atoms with van der Waals surface area (Å²) in [5.41, 5.74) is 0. The molecule has 0 radical (unpaired) electrons. The first-order chi connectivity index (χ1) is 9.40. The highest BCUT2D eigenvalue weighted by molar-refractivity contribution is 5.76. The molecule has 0 aromatic carbocycles. The Balaban J connectivity index is 2.39. The van der Waals surface area contributed by atoms with Crippen molar-refractivity contribution in [3.05, 3.63) is 5.82 Å². The Labute approximate surface area is 116 Å². The van der Waals surface area contributed by atoms with Gasteiger partial charge < -0.3 is 15.7 Å². The van der Waals surface area contributed by atoms with Crippen LogP contribution in [0.15, 0.2) is 0 Å². The quantitative estimate of drug-likeness (QED) is 0.569. The summed E-state index contributed by atoms with van der Waals surface area (Å²) in [6.07, 6.45) is 0.510. The van der Waals surface area contributed by atoms with Crippen LogP contribution in [-0.2, 0) is 4.79 Å². The number of carbonyl (C=O) groups is 2. The molecule has 2 atom stereocenters. The van der Waals surface area contributed by atoms with E-state index in [4.69, 9.17) is 5.11 Å². The molecule has 1 aromatic heterocycles. The van der Waals surface area contributed by atoms with Crippen molar-refractivity contribution in [3.8, 4) is 0 Å². The van der Waals surface area contributed by atoms with Crippen LogP contribution in [0.25, 0.3) is 0 Å². The number of hydrogen-bond donors (Lipinski definition) is 4. The Kier molecular flexibility index (Phi) is 5.88. The summed E-state index contributed by atoms with van der Waals surface area (Å²) in [5, 5.41) is 27.4. The van der Waals surface area contributed by atoms with Crippen molar-refractivity contribution in [1.29, 1.82) is 0 Å². The van der Waals surface area contributed by atoms with Crippen molar-refractivity contribution in [2.24, 2.45) is 11.8 Å². The standard InChI is InChI=1S/C11H20N6O3/c1-6(2)4-8(10(18)19)5-12-11(20)13-7(3)9-14-16-17-15-9/h6-8H,4-5H2,1-3H3,(H,18,19)(H2,12,13,20)(H,14,15,16,17). The lowest BCUT2D eigenvalue weighted by molar-refractivity contribution is -0.142. The average molecular weight is 284 g/mol. The Morgan fingerprint density at radius 3 is 2.55 bits per heavy atom. The maximum Gasteiger partial charge on any atom is 0.315 e. The van der Waals surface area contributed by atoms with Crippen LogP contribution in [0, 0.1) is 11.8 Å². The van der Waals surface area contributed by atoms with Crippen LogP contribution in [0.5, 0.6) is 0 Å². The molecule has 0 saturated carbocycles. The van der Waals surface area contributed by atoms with E-state index in [0.717, 1.165) is 0 Å². The molecule has 0 aliphatic rings. The smallest absolute Gasteiger partial charge is 0.315 e. The number of aliphatic carboxylic acids is 1. The summed E-state index contributed by atoms with van der Waals surface area (Å²) in [7, 11) is 0. The Hall–Kier alpha value is -2.19. The lowest BCUT2D eigenvalue weighted by atomic mass is 9.97. The summed E-state index contributed by atoms with van der Waals surface area (Å²) < 4.78 is 0. The van der Waals surface area contributed by atoms with Gasteiger partial charge in [-0.3, -0.25) is 4.79 Å². The van der Waals surface area contributed by atoms with E-state index < -0.39 is 24.0 Å². The van der Waals surface area contributed by atoms with Crippen molar-refractivity contribution in [1.82, 2.24) is 31.3 Å². The number of aromatic nitrogens is 4. The highest BCUT2D eigenvalue weighted by Gasteiger charge is 2.20. The van der Waals surface area contributed by atoms with Crippen LogP contribution in [-0.4, -0.2) is 44.3 Å². The number of tetrazole rings is 1. The number of H-pyrrole nitrogens is 1. The lowest BCUT2D eigenvalue weighted by Gasteiger charge is -2.16. The molecule has 0 aliphatic carbocycles. The normalized spacial score (nSPS) is 13.8. The number of hydrogen-bond acceptors (Lipinski definition) is 5. The maximum absolute atomic E-state index is 11.7. The zero-order valence-corrected chi connectivity index (χ0v) is 11.8. The van der Waals surface area contributed by atoms with E-state index >= 15 is 0 Å². The van der Waals surface area contributed by atoms with Gasteiger partial charge in [0, 0.05) is 6.54 Å². The summed E-state index contributed by atoms with van der Waals surface area (Å²) in [6, 6.07) is -0.876. The number of urea groups is 1. The minimum atomic E-state index is -0.912. The number of nitrogens with one attached hydrogen (secondary N) is 3. The zero-order chi connectivity index (χ0) is 15.1. The number of rotatable bonds is 7.